The van der Waals surface area contributed by atoms with Crippen molar-refractivity contribution >= 4 is 0 Å². The molecule has 1 aliphatic carbocycles. The van der Waals surface area contributed by atoms with Gasteiger partial charge in [-0.25, -0.2) is 0 Å². The van der Waals surface area contributed by atoms with Gasteiger partial charge in [0.25, 0.3) is 0 Å². The number of piperidine rings is 2. The van der Waals surface area contributed by atoms with Crippen LogP contribution in [-0.4, -0.2) is 54.6 Å². The zero-order chi connectivity index (χ0) is 13.6. The maximum atomic E-state index is 6.53. The number of hydrogen-bond donors (Lipinski definition) is 1. The van der Waals surface area contributed by atoms with Crippen LogP contribution in [0.15, 0.2) is 0 Å². The Labute approximate surface area is 118 Å². The van der Waals surface area contributed by atoms with Crippen LogP contribution in [0.2, 0.25) is 0 Å². The average Bonchev–Trinajstić information content (AvgIpc) is 2.64. The monoisotopic (exact) mass is 265 g/mol. The first-order valence-corrected chi connectivity index (χ1v) is 8.19. The zero-order valence-electron chi connectivity index (χ0n) is 12.9. The number of fused-ring (bicyclic) bond motifs is 1. The Hall–Kier alpha value is -0.120. The highest BCUT2D eigenvalue weighted by atomic mass is 15.2. The fourth-order valence-electron chi connectivity index (χ4n) is 4.78. The molecule has 0 aromatic rings. The van der Waals surface area contributed by atoms with Gasteiger partial charge in [-0.2, -0.15) is 0 Å². The normalized spacial score (nSPS) is 44.2. The van der Waals surface area contributed by atoms with Crippen LogP contribution in [0.25, 0.3) is 0 Å². The molecule has 0 bridgehead atoms. The molecule has 4 unspecified atom stereocenters. The summed E-state index contributed by atoms with van der Waals surface area (Å²) in [4.78, 5) is 5.34. The van der Waals surface area contributed by atoms with Crippen molar-refractivity contribution in [3.05, 3.63) is 0 Å². The zero-order valence-corrected chi connectivity index (χ0v) is 12.9. The van der Waals surface area contributed by atoms with E-state index in [0.717, 1.165) is 12.0 Å². The molecule has 2 aliphatic heterocycles. The van der Waals surface area contributed by atoms with Gasteiger partial charge in [0, 0.05) is 31.2 Å². The van der Waals surface area contributed by atoms with Crippen molar-refractivity contribution < 1.29 is 0 Å². The SMILES string of the molecule is CN1CCCC2CN(C3CCC(C)(C)C3N)CCC21. The minimum atomic E-state index is 0.338. The number of nitrogens with zero attached hydrogens (tertiary/aromatic N) is 2. The summed E-state index contributed by atoms with van der Waals surface area (Å²) in [5.41, 5.74) is 6.87. The summed E-state index contributed by atoms with van der Waals surface area (Å²) in [7, 11) is 2.32. The van der Waals surface area contributed by atoms with Crippen LogP contribution in [0.5, 0.6) is 0 Å². The van der Waals surface area contributed by atoms with Crippen molar-refractivity contribution in [1.82, 2.24) is 9.80 Å². The molecule has 0 aromatic carbocycles. The van der Waals surface area contributed by atoms with Crippen LogP contribution in [0, 0.1) is 11.3 Å². The first-order chi connectivity index (χ1) is 8.99. The third-order valence-electron chi connectivity index (χ3n) is 6.25. The van der Waals surface area contributed by atoms with E-state index in [9.17, 15) is 0 Å². The van der Waals surface area contributed by atoms with E-state index < -0.39 is 0 Å². The fraction of sp³-hybridized carbons (Fsp3) is 1.00. The van der Waals surface area contributed by atoms with Gasteiger partial charge in [-0.3, -0.25) is 4.90 Å². The molecule has 3 fully saturated rings. The first-order valence-electron chi connectivity index (χ1n) is 8.19. The minimum Gasteiger partial charge on any atom is -0.326 e. The first kappa shape index (κ1) is 13.8. The molecular weight excluding hydrogens is 234 g/mol. The summed E-state index contributed by atoms with van der Waals surface area (Å²) >= 11 is 0. The van der Waals surface area contributed by atoms with E-state index in [0.29, 0.717) is 17.5 Å². The maximum absolute atomic E-state index is 6.53. The molecule has 2 saturated heterocycles. The van der Waals surface area contributed by atoms with Crippen molar-refractivity contribution in [3.63, 3.8) is 0 Å². The van der Waals surface area contributed by atoms with E-state index in [1.165, 1.54) is 51.7 Å². The summed E-state index contributed by atoms with van der Waals surface area (Å²) in [6, 6.07) is 1.85. The van der Waals surface area contributed by atoms with Crippen LogP contribution in [0.4, 0.5) is 0 Å². The second-order valence-corrected chi connectivity index (χ2v) is 7.85. The minimum absolute atomic E-state index is 0.338. The van der Waals surface area contributed by atoms with Gasteiger partial charge in [0.2, 0.25) is 0 Å². The lowest BCUT2D eigenvalue weighted by atomic mass is 9.82. The third-order valence-corrected chi connectivity index (χ3v) is 6.25. The van der Waals surface area contributed by atoms with Gasteiger partial charge in [0.15, 0.2) is 0 Å². The van der Waals surface area contributed by atoms with Crippen LogP contribution in [-0.2, 0) is 0 Å². The van der Waals surface area contributed by atoms with Gasteiger partial charge in [0.05, 0.1) is 0 Å². The van der Waals surface area contributed by atoms with Gasteiger partial charge < -0.3 is 10.6 Å². The van der Waals surface area contributed by atoms with Gasteiger partial charge in [-0.1, -0.05) is 13.8 Å². The Morgan fingerprint density at radius 2 is 1.84 bits per heavy atom. The molecular formula is C16H31N3. The Bertz CT molecular complexity index is 328. The second kappa shape index (κ2) is 5.01. The topological polar surface area (TPSA) is 32.5 Å². The highest BCUT2D eigenvalue weighted by Crippen LogP contribution is 2.40. The Morgan fingerprint density at radius 1 is 1.05 bits per heavy atom. The molecule has 3 nitrogen and oxygen atoms in total. The summed E-state index contributed by atoms with van der Waals surface area (Å²) in [6.45, 7) is 8.55. The summed E-state index contributed by atoms with van der Waals surface area (Å²) in [5.74, 6) is 0.892. The van der Waals surface area contributed by atoms with Crippen LogP contribution in [0.1, 0.15) is 46.0 Å². The highest BCUT2D eigenvalue weighted by molar-refractivity contribution is 5.01. The van der Waals surface area contributed by atoms with E-state index in [1.54, 1.807) is 0 Å². The van der Waals surface area contributed by atoms with E-state index in [2.05, 4.69) is 30.7 Å². The molecule has 2 heterocycles. The van der Waals surface area contributed by atoms with E-state index in [-0.39, 0.29) is 0 Å². The van der Waals surface area contributed by atoms with Crippen LogP contribution >= 0.6 is 0 Å². The number of likely N-dealkylation sites (tertiary alicyclic amines) is 2. The summed E-state index contributed by atoms with van der Waals surface area (Å²) in [6.07, 6.45) is 6.76. The van der Waals surface area contributed by atoms with Crippen molar-refractivity contribution in [2.24, 2.45) is 17.1 Å². The highest BCUT2D eigenvalue weighted by Gasteiger charge is 2.44. The van der Waals surface area contributed by atoms with Crippen molar-refractivity contribution in [2.75, 3.05) is 26.7 Å². The molecule has 0 amide bonds. The quantitative estimate of drug-likeness (QED) is 0.786. The van der Waals surface area contributed by atoms with E-state index in [1.807, 2.05) is 0 Å². The lowest BCUT2D eigenvalue weighted by molar-refractivity contribution is 0.0156. The molecule has 2 N–H and O–H groups in total. The molecule has 1 saturated carbocycles. The predicted octanol–water partition coefficient (Wildman–Crippen LogP) is 1.92. The third kappa shape index (κ3) is 2.45. The molecule has 3 aliphatic rings. The lowest BCUT2D eigenvalue weighted by Gasteiger charge is -2.48. The molecule has 0 spiro atoms. The van der Waals surface area contributed by atoms with Gasteiger partial charge in [-0.05, 0) is 57.0 Å². The lowest BCUT2D eigenvalue weighted by Crippen LogP contribution is -2.58. The van der Waals surface area contributed by atoms with E-state index in [4.69, 9.17) is 5.73 Å². The van der Waals surface area contributed by atoms with Gasteiger partial charge in [-0.15, -0.1) is 0 Å². The largest absolute Gasteiger partial charge is 0.326 e. The fourth-order valence-corrected chi connectivity index (χ4v) is 4.78. The van der Waals surface area contributed by atoms with Gasteiger partial charge in [0.1, 0.15) is 0 Å². The standard InChI is InChI=1S/C16H31N3/c1-16(2)8-6-14(15(16)17)19-10-7-13-12(11-19)5-4-9-18(13)3/h12-15H,4-11,17H2,1-3H3. The summed E-state index contributed by atoms with van der Waals surface area (Å²) in [5, 5.41) is 0. The molecule has 3 heteroatoms. The number of hydrogen-bond acceptors (Lipinski definition) is 3. The van der Waals surface area contributed by atoms with Crippen LogP contribution in [0.3, 0.4) is 0 Å². The maximum Gasteiger partial charge on any atom is 0.0252 e. The van der Waals surface area contributed by atoms with Crippen molar-refractivity contribution in [2.45, 2.75) is 64.1 Å². The van der Waals surface area contributed by atoms with Crippen molar-refractivity contribution in [3.8, 4) is 0 Å². The Kier molecular flexibility index (Phi) is 3.65. The Morgan fingerprint density at radius 3 is 2.53 bits per heavy atom. The number of rotatable bonds is 1. The average molecular weight is 265 g/mol. The smallest absolute Gasteiger partial charge is 0.0252 e. The van der Waals surface area contributed by atoms with Gasteiger partial charge >= 0.3 is 0 Å². The molecule has 0 aromatic heterocycles. The molecule has 110 valence electrons. The van der Waals surface area contributed by atoms with E-state index >= 15 is 0 Å². The Balaban J connectivity index is 1.65. The molecule has 0 radical (unpaired) electrons. The predicted molar refractivity (Wildman–Crippen MR) is 80.1 cm³/mol. The number of nitrogens with two attached hydrogens (primary N) is 1. The summed E-state index contributed by atoms with van der Waals surface area (Å²) < 4.78 is 0. The molecule has 3 rings (SSSR count). The molecule has 4 atom stereocenters. The second-order valence-electron chi connectivity index (χ2n) is 7.85. The van der Waals surface area contributed by atoms with Crippen molar-refractivity contribution in [1.29, 1.82) is 0 Å². The van der Waals surface area contributed by atoms with Crippen LogP contribution < -0.4 is 5.73 Å². The molecule has 19 heavy (non-hydrogen) atoms.